The minimum atomic E-state index is -5.00. The Kier molecular flexibility index (Phi) is 5.20. The summed E-state index contributed by atoms with van der Waals surface area (Å²) in [7, 11) is 2.85. The van der Waals surface area contributed by atoms with Crippen LogP contribution in [0.5, 0.6) is 11.5 Å². The molecule has 1 atom stereocenters. The van der Waals surface area contributed by atoms with E-state index in [9.17, 15) is 22.8 Å². The summed E-state index contributed by atoms with van der Waals surface area (Å²) in [4.78, 5) is 24.3. The highest BCUT2D eigenvalue weighted by atomic mass is 19.4. The first kappa shape index (κ1) is 17.9. The Hall–Kier alpha value is -2.45. The Labute approximate surface area is 136 Å². The van der Waals surface area contributed by atoms with Crippen molar-refractivity contribution in [2.45, 2.75) is 25.1 Å². The topological polar surface area (TPSA) is 67.9 Å². The van der Waals surface area contributed by atoms with Gasteiger partial charge in [0, 0.05) is 12.6 Å². The van der Waals surface area contributed by atoms with E-state index in [-0.39, 0.29) is 18.7 Å². The Balaban J connectivity index is 2.16. The molecule has 0 aliphatic carbocycles. The molecule has 1 unspecified atom stereocenters. The van der Waals surface area contributed by atoms with Crippen molar-refractivity contribution in [3.63, 3.8) is 0 Å². The number of benzene rings is 1. The number of nitrogens with one attached hydrogen (secondary N) is 1. The van der Waals surface area contributed by atoms with Crippen molar-refractivity contribution in [2.75, 3.05) is 26.1 Å². The quantitative estimate of drug-likeness (QED) is 0.908. The highest BCUT2D eigenvalue weighted by Gasteiger charge is 2.47. The molecule has 2 amide bonds. The van der Waals surface area contributed by atoms with Gasteiger partial charge in [0.05, 0.1) is 19.9 Å². The van der Waals surface area contributed by atoms with Gasteiger partial charge in [-0.3, -0.25) is 9.59 Å². The first-order chi connectivity index (χ1) is 11.3. The van der Waals surface area contributed by atoms with Crippen molar-refractivity contribution in [1.82, 2.24) is 4.90 Å². The highest BCUT2D eigenvalue weighted by molar-refractivity contribution is 5.99. The van der Waals surface area contributed by atoms with Gasteiger partial charge in [0.15, 0.2) is 0 Å². The predicted molar refractivity (Wildman–Crippen MR) is 79.0 cm³/mol. The van der Waals surface area contributed by atoms with Crippen LogP contribution in [0.15, 0.2) is 18.2 Å². The second-order valence-electron chi connectivity index (χ2n) is 5.21. The third-order valence-corrected chi connectivity index (χ3v) is 3.73. The zero-order chi connectivity index (χ0) is 17.9. The molecule has 1 aliphatic heterocycles. The molecule has 0 saturated carbocycles. The number of carbonyl (C=O) groups excluding carboxylic acids is 2. The zero-order valence-corrected chi connectivity index (χ0v) is 13.1. The molecule has 24 heavy (non-hydrogen) atoms. The summed E-state index contributed by atoms with van der Waals surface area (Å²) in [5, 5.41) is 2.51. The molecule has 0 spiro atoms. The minimum Gasteiger partial charge on any atom is -0.497 e. The maximum Gasteiger partial charge on any atom is 0.471 e. The molecule has 132 valence electrons. The molecule has 0 radical (unpaired) electrons. The van der Waals surface area contributed by atoms with Gasteiger partial charge < -0.3 is 19.7 Å². The van der Waals surface area contributed by atoms with E-state index < -0.39 is 24.0 Å². The maximum absolute atomic E-state index is 12.6. The van der Waals surface area contributed by atoms with Crippen LogP contribution in [0.2, 0.25) is 0 Å². The van der Waals surface area contributed by atoms with E-state index in [2.05, 4.69) is 5.32 Å². The smallest absolute Gasteiger partial charge is 0.471 e. The molecule has 1 aromatic carbocycles. The average Bonchev–Trinajstić information content (AvgIpc) is 3.03. The van der Waals surface area contributed by atoms with E-state index in [1.165, 1.54) is 26.4 Å². The van der Waals surface area contributed by atoms with Crippen molar-refractivity contribution in [2.24, 2.45) is 0 Å². The van der Waals surface area contributed by atoms with Gasteiger partial charge >= 0.3 is 12.1 Å². The molecule has 1 aromatic rings. The number of likely N-dealkylation sites (tertiary alicyclic amines) is 1. The number of alkyl halides is 3. The van der Waals surface area contributed by atoms with Crippen molar-refractivity contribution >= 4 is 17.5 Å². The maximum atomic E-state index is 12.6. The van der Waals surface area contributed by atoms with Gasteiger partial charge in [-0.2, -0.15) is 13.2 Å². The van der Waals surface area contributed by atoms with E-state index in [0.717, 1.165) is 0 Å². The van der Waals surface area contributed by atoms with Crippen molar-refractivity contribution < 1.29 is 32.2 Å². The fraction of sp³-hybridized carbons (Fsp3) is 0.467. The fourth-order valence-electron chi connectivity index (χ4n) is 2.56. The van der Waals surface area contributed by atoms with E-state index in [1.807, 2.05) is 0 Å². The first-order valence-electron chi connectivity index (χ1n) is 7.18. The number of hydrogen-bond donors (Lipinski definition) is 1. The van der Waals surface area contributed by atoms with E-state index in [0.29, 0.717) is 22.8 Å². The van der Waals surface area contributed by atoms with Gasteiger partial charge in [0.1, 0.15) is 17.5 Å². The van der Waals surface area contributed by atoms with Gasteiger partial charge in [-0.05, 0) is 25.0 Å². The molecule has 1 fully saturated rings. The predicted octanol–water partition coefficient (Wildman–Crippen LogP) is 2.20. The second kappa shape index (κ2) is 6.98. The number of rotatable bonds is 4. The number of anilines is 1. The van der Waals surface area contributed by atoms with Crippen LogP contribution in [0, 0.1) is 0 Å². The summed E-state index contributed by atoms with van der Waals surface area (Å²) in [6.07, 6.45) is -4.49. The number of methoxy groups -OCH3 is 2. The third kappa shape index (κ3) is 3.72. The second-order valence-corrected chi connectivity index (χ2v) is 5.21. The number of ether oxygens (including phenoxy) is 2. The molecule has 1 N–H and O–H groups in total. The normalized spacial score (nSPS) is 17.5. The summed E-state index contributed by atoms with van der Waals surface area (Å²) in [5.41, 5.74) is 0.287. The van der Waals surface area contributed by atoms with Crippen LogP contribution < -0.4 is 14.8 Å². The van der Waals surface area contributed by atoms with Gasteiger partial charge in [-0.1, -0.05) is 0 Å². The van der Waals surface area contributed by atoms with Crippen LogP contribution >= 0.6 is 0 Å². The molecule has 2 rings (SSSR count). The van der Waals surface area contributed by atoms with Gasteiger partial charge in [0.2, 0.25) is 5.91 Å². The molecule has 6 nitrogen and oxygen atoms in total. The summed E-state index contributed by atoms with van der Waals surface area (Å²) in [5.74, 6) is -1.88. The molecular weight excluding hydrogens is 329 g/mol. The summed E-state index contributed by atoms with van der Waals surface area (Å²) in [6.45, 7) is -0.101. The summed E-state index contributed by atoms with van der Waals surface area (Å²) < 4.78 is 48.0. The van der Waals surface area contributed by atoms with Gasteiger partial charge in [-0.15, -0.1) is 0 Å². The van der Waals surface area contributed by atoms with Crippen LogP contribution in [-0.4, -0.2) is 49.7 Å². The molecule has 1 aliphatic rings. The zero-order valence-electron chi connectivity index (χ0n) is 13.1. The number of hydrogen-bond acceptors (Lipinski definition) is 4. The van der Waals surface area contributed by atoms with E-state index in [4.69, 9.17) is 9.47 Å². The van der Waals surface area contributed by atoms with Gasteiger partial charge in [-0.25, -0.2) is 0 Å². The molecule has 0 aromatic heterocycles. The lowest BCUT2D eigenvalue weighted by Gasteiger charge is -2.25. The Bertz CT molecular complexity index is 634. The van der Waals surface area contributed by atoms with E-state index >= 15 is 0 Å². The number of carbonyl (C=O) groups is 2. The Morgan fingerprint density at radius 2 is 1.96 bits per heavy atom. The first-order valence-corrected chi connectivity index (χ1v) is 7.18. The van der Waals surface area contributed by atoms with E-state index in [1.54, 1.807) is 6.07 Å². The SMILES string of the molecule is COc1ccc(NC(=O)C2CCCN2C(=O)C(F)(F)F)c(OC)c1. The van der Waals surface area contributed by atoms with Gasteiger partial charge in [0.25, 0.3) is 0 Å². The molecule has 9 heteroatoms. The molecule has 1 heterocycles. The van der Waals surface area contributed by atoms with Crippen LogP contribution in [0.25, 0.3) is 0 Å². The molecular formula is C15H17F3N2O4. The van der Waals surface area contributed by atoms with Crippen LogP contribution in [-0.2, 0) is 9.59 Å². The lowest BCUT2D eigenvalue weighted by Crippen LogP contribution is -2.48. The van der Waals surface area contributed by atoms with Crippen molar-refractivity contribution in [3.05, 3.63) is 18.2 Å². The number of amides is 2. The largest absolute Gasteiger partial charge is 0.497 e. The summed E-state index contributed by atoms with van der Waals surface area (Å²) >= 11 is 0. The lowest BCUT2D eigenvalue weighted by molar-refractivity contribution is -0.186. The van der Waals surface area contributed by atoms with Crippen molar-refractivity contribution in [3.8, 4) is 11.5 Å². The lowest BCUT2D eigenvalue weighted by atomic mass is 10.2. The summed E-state index contributed by atoms with van der Waals surface area (Å²) in [6, 6.07) is 3.46. The molecule has 0 bridgehead atoms. The Morgan fingerprint density at radius 3 is 2.54 bits per heavy atom. The number of halogens is 3. The van der Waals surface area contributed by atoms with Crippen molar-refractivity contribution in [1.29, 1.82) is 0 Å². The third-order valence-electron chi connectivity index (χ3n) is 3.73. The average molecular weight is 346 g/mol. The monoisotopic (exact) mass is 346 g/mol. The Morgan fingerprint density at radius 1 is 1.25 bits per heavy atom. The fourth-order valence-corrected chi connectivity index (χ4v) is 2.56. The van der Waals surface area contributed by atoms with Crippen LogP contribution in [0.3, 0.4) is 0 Å². The highest BCUT2D eigenvalue weighted by Crippen LogP contribution is 2.31. The minimum absolute atomic E-state index is 0.101. The van der Waals surface area contributed by atoms with Crippen LogP contribution in [0.4, 0.5) is 18.9 Å². The number of nitrogens with zero attached hydrogens (tertiary/aromatic N) is 1. The van der Waals surface area contributed by atoms with Crippen LogP contribution in [0.1, 0.15) is 12.8 Å². The molecule has 1 saturated heterocycles. The standard InChI is InChI=1S/C15H17F3N2O4/c1-23-9-5-6-10(12(8-9)24-2)19-13(21)11-4-3-7-20(11)14(22)15(16,17)18/h5-6,8,11H,3-4,7H2,1-2H3,(H,19,21).